The average molecular weight is 1100 g/mol. The van der Waals surface area contributed by atoms with Gasteiger partial charge < -0.3 is 14.2 Å². The SMILES string of the molecule is CCCCC/C=C\C/C=C\CCCCCCCCCC(=O)OC(COC(=O)CCCCCCC/C=C\CCCCCCCCC)COC(=O)CCCCCCCCCCCCCCCCCCCCCCCCCCCCC. The summed E-state index contributed by atoms with van der Waals surface area (Å²) in [6.07, 6.45) is 83.2. The van der Waals surface area contributed by atoms with Crippen molar-refractivity contribution >= 4 is 17.9 Å². The zero-order valence-corrected chi connectivity index (χ0v) is 52.7. The molecular weight excluding hydrogens is 961 g/mol. The van der Waals surface area contributed by atoms with Gasteiger partial charge in [0, 0.05) is 19.3 Å². The lowest BCUT2D eigenvalue weighted by atomic mass is 10.0. The normalized spacial score (nSPS) is 12.2. The zero-order valence-electron chi connectivity index (χ0n) is 52.7. The van der Waals surface area contributed by atoms with Crippen LogP contribution in [0.25, 0.3) is 0 Å². The first-order valence-corrected chi connectivity index (χ1v) is 35.0. The molecule has 0 saturated carbocycles. The van der Waals surface area contributed by atoms with E-state index in [2.05, 4.69) is 57.2 Å². The molecule has 6 heteroatoms. The lowest BCUT2D eigenvalue weighted by Gasteiger charge is -2.18. The Morgan fingerprint density at radius 3 is 0.744 bits per heavy atom. The molecule has 0 aliphatic heterocycles. The Hall–Kier alpha value is -2.37. The van der Waals surface area contributed by atoms with Crippen molar-refractivity contribution in [3.8, 4) is 0 Å². The predicted octanol–water partition coefficient (Wildman–Crippen LogP) is 23.9. The summed E-state index contributed by atoms with van der Waals surface area (Å²) in [5.41, 5.74) is 0. The lowest BCUT2D eigenvalue weighted by Crippen LogP contribution is -2.30. The first-order chi connectivity index (χ1) is 38.5. The predicted molar refractivity (Wildman–Crippen MR) is 339 cm³/mol. The second-order valence-corrected chi connectivity index (χ2v) is 23.8. The summed E-state index contributed by atoms with van der Waals surface area (Å²) in [4.78, 5) is 38.4. The van der Waals surface area contributed by atoms with Crippen molar-refractivity contribution < 1.29 is 28.6 Å². The molecule has 0 aromatic heterocycles. The van der Waals surface area contributed by atoms with Gasteiger partial charge in [-0.15, -0.1) is 0 Å². The van der Waals surface area contributed by atoms with Crippen LogP contribution in [0.2, 0.25) is 0 Å². The van der Waals surface area contributed by atoms with Gasteiger partial charge in [0.2, 0.25) is 0 Å². The third-order valence-electron chi connectivity index (χ3n) is 15.9. The van der Waals surface area contributed by atoms with Gasteiger partial charge in [-0.1, -0.05) is 327 Å². The number of rotatable bonds is 65. The van der Waals surface area contributed by atoms with Crippen molar-refractivity contribution in [3.63, 3.8) is 0 Å². The number of unbranched alkanes of at least 4 members (excludes halogenated alkanes) is 48. The van der Waals surface area contributed by atoms with E-state index in [0.29, 0.717) is 19.3 Å². The monoisotopic (exact) mass is 1100 g/mol. The molecule has 0 aliphatic carbocycles. The van der Waals surface area contributed by atoms with Crippen molar-refractivity contribution in [2.24, 2.45) is 0 Å². The fraction of sp³-hybridized carbons (Fsp3) is 0.875. The minimum atomic E-state index is -0.779. The standard InChI is InChI=1S/C72H134O6/c1-4-7-10-13-16-19-22-25-28-31-32-33-34-35-36-37-38-39-40-42-44-47-50-53-56-59-62-65-71(74)77-68-69(67-76-70(73)64-61-58-55-52-49-46-43-30-27-24-21-18-15-12-9-6-3)78-72(75)66-63-60-57-54-51-48-45-41-29-26-23-20-17-14-11-8-5-2/h17,20,26,29-30,43,69H,4-16,18-19,21-25,27-28,31-42,44-68H2,1-3H3/b20-17-,29-26-,43-30-. The fourth-order valence-corrected chi connectivity index (χ4v) is 10.6. The van der Waals surface area contributed by atoms with Gasteiger partial charge in [-0.2, -0.15) is 0 Å². The Morgan fingerprint density at radius 2 is 0.462 bits per heavy atom. The number of hydrogen-bond donors (Lipinski definition) is 0. The molecule has 0 saturated heterocycles. The molecule has 0 rings (SSSR count). The molecule has 0 N–H and O–H groups in total. The van der Waals surface area contributed by atoms with Gasteiger partial charge in [0.15, 0.2) is 6.10 Å². The molecule has 1 unspecified atom stereocenters. The summed E-state index contributed by atoms with van der Waals surface area (Å²) in [5.74, 6) is -0.863. The fourth-order valence-electron chi connectivity index (χ4n) is 10.6. The smallest absolute Gasteiger partial charge is 0.306 e. The van der Waals surface area contributed by atoms with Crippen LogP contribution < -0.4 is 0 Å². The summed E-state index contributed by atoms with van der Waals surface area (Å²) >= 11 is 0. The van der Waals surface area contributed by atoms with E-state index in [9.17, 15) is 14.4 Å². The van der Waals surface area contributed by atoms with Gasteiger partial charge in [0.05, 0.1) is 0 Å². The van der Waals surface area contributed by atoms with Crippen LogP contribution in [0.3, 0.4) is 0 Å². The van der Waals surface area contributed by atoms with Crippen LogP contribution in [0, 0.1) is 0 Å². The van der Waals surface area contributed by atoms with Crippen LogP contribution in [-0.2, 0) is 28.6 Å². The minimum Gasteiger partial charge on any atom is -0.462 e. The van der Waals surface area contributed by atoms with Crippen LogP contribution >= 0.6 is 0 Å². The van der Waals surface area contributed by atoms with Crippen molar-refractivity contribution in [2.45, 2.75) is 393 Å². The van der Waals surface area contributed by atoms with Crippen molar-refractivity contribution in [1.82, 2.24) is 0 Å². The highest BCUT2D eigenvalue weighted by Gasteiger charge is 2.19. The molecular formula is C72H134O6. The zero-order chi connectivity index (χ0) is 56.4. The molecule has 0 aliphatic rings. The Balaban J connectivity index is 4.24. The summed E-state index contributed by atoms with van der Waals surface area (Å²) in [7, 11) is 0. The molecule has 0 aromatic rings. The maximum atomic E-state index is 12.9. The minimum absolute atomic E-state index is 0.0736. The van der Waals surface area contributed by atoms with E-state index in [1.165, 1.54) is 270 Å². The maximum absolute atomic E-state index is 12.9. The second kappa shape index (κ2) is 67.1. The van der Waals surface area contributed by atoms with E-state index in [0.717, 1.165) is 77.0 Å². The molecule has 78 heavy (non-hydrogen) atoms. The van der Waals surface area contributed by atoms with E-state index >= 15 is 0 Å². The topological polar surface area (TPSA) is 78.9 Å². The van der Waals surface area contributed by atoms with Gasteiger partial charge >= 0.3 is 17.9 Å². The van der Waals surface area contributed by atoms with E-state index in [1.54, 1.807) is 0 Å². The summed E-state index contributed by atoms with van der Waals surface area (Å²) in [6, 6.07) is 0. The van der Waals surface area contributed by atoms with Gasteiger partial charge in [-0.05, 0) is 77.0 Å². The average Bonchev–Trinajstić information content (AvgIpc) is 3.44. The molecule has 0 amide bonds. The molecule has 0 fully saturated rings. The van der Waals surface area contributed by atoms with Crippen LogP contribution in [0.5, 0.6) is 0 Å². The van der Waals surface area contributed by atoms with E-state index in [-0.39, 0.29) is 31.1 Å². The molecule has 0 spiro atoms. The largest absolute Gasteiger partial charge is 0.462 e. The summed E-state index contributed by atoms with van der Waals surface area (Å²) < 4.78 is 17.0. The van der Waals surface area contributed by atoms with Crippen LogP contribution in [0.4, 0.5) is 0 Å². The first-order valence-electron chi connectivity index (χ1n) is 35.0. The summed E-state index contributed by atoms with van der Waals surface area (Å²) in [5, 5.41) is 0. The van der Waals surface area contributed by atoms with E-state index < -0.39 is 6.10 Å². The van der Waals surface area contributed by atoms with Crippen LogP contribution in [0.1, 0.15) is 387 Å². The third kappa shape index (κ3) is 64.5. The molecule has 1 atom stereocenters. The second-order valence-electron chi connectivity index (χ2n) is 23.8. The van der Waals surface area contributed by atoms with Crippen molar-refractivity contribution in [1.29, 1.82) is 0 Å². The van der Waals surface area contributed by atoms with Crippen LogP contribution in [0.15, 0.2) is 36.5 Å². The number of hydrogen-bond acceptors (Lipinski definition) is 6. The number of carbonyl (C=O) groups excluding carboxylic acids is 3. The molecule has 458 valence electrons. The molecule has 0 aromatic carbocycles. The number of ether oxygens (including phenoxy) is 3. The van der Waals surface area contributed by atoms with Gasteiger partial charge in [-0.25, -0.2) is 0 Å². The quantitative estimate of drug-likeness (QED) is 0.0261. The van der Waals surface area contributed by atoms with E-state index in [1.807, 2.05) is 0 Å². The Bertz CT molecular complexity index is 1300. The number of esters is 3. The van der Waals surface area contributed by atoms with Crippen molar-refractivity contribution in [2.75, 3.05) is 13.2 Å². The molecule has 6 nitrogen and oxygen atoms in total. The Kier molecular flexibility index (Phi) is 65.1. The molecule has 0 radical (unpaired) electrons. The van der Waals surface area contributed by atoms with Gasteiger partial charge in [0.25, 0.3) is 0 Å². The molecule has 0 bridgehead atoms. The van der Waals surface area contributed by atoms with Crippen molar-refractivity contribution in [3.05, 3.63) is 36.5 Å². The highest BCUT2D eigenvalue weighted by molar-refractivity contribution is 5.71. The van der Waals surface area contributed by atoms with Crippen LogP contribution in [-0.4, -0.2) is 37.2 Å². The third-order valence-corrected chi connectivity index (χ3v) is 15.9. The Labute approximate surface area is 486 Å². The highest BCUT2D eigenvalue weighted by Crippen LogP contribution is 2.18. The maximum Gasteiger partial charge on any atom is 0.306 e. The lowest BCUT2D eigenvalue weighted by molar-refractivity contribution is -0.167. The highest BCUT2D eigenvalue weighted by atomic mass is 16.6. The molecule has 0 heterocycles. The summed E-state index contributed by atoms with van der Waals surface area (Å²) in [6.45, 7) is 6.67. The Morgan fingerprint density at radius 1 is 0.256 bits per heavy atom. The first kappa shape index (κ1) is 75.6. The van der Waals surface area contributed by atoms with E-state index in [4.69, 9.17) is 14.2 Å². The van der Waals surface area contributed by atoms with Gasteiger partial charge in [-0.3, -0.25) is 14.4 Å². The van der Waals surface area contributed by atoms with Gasteiger partial charge in [0.1, 0.15) is 13.2 Å². The number of allylic oxidation sites excluding steroid dienone is 6. The number of carbonyl (C=O) groups is 3.